The minimum Gasteiger partial charge on any atom is -0.394 e. The molecule has 4 N–H and O–H groups in total. The Morgan fingerprint density at radius 1 is 0.857 bits per heavy atom. The normalized spacial score (nSPS) is 33.3. The molecule has 0 saturated carbocycles. The number of aliphatic hydroxyl groups is 4. The maximum absolute atomic E-state index is 9.88. The second-order valence-electron chi connectivity index (χ2n) is 5.41. The van der Waals surface area contributed by atoms with Crippen LogP contribution in [0.4, 0.5) is 0 Å². The van der Waals surface area contributed by atoms with Crippen LogP contribution in [-0.4, -0.2) is 68.4 Å². The summed E-state index contributed by atoms with van der Waals surface area (Å²) >= 11 is 5.61. The highest BCUT2D eigenvalue weighted by Crippen LogP contribution is 2.29. The van der Waals surface area contributed by atoms with Crippen molar-refractivity contribution in [1.29, 1.82) is 0 Å². The molecule has 126 valence electrons. The van der Waals surface area contributed by atoms with Crippen LogP contribution in [0.15, 0.2) is 0 Å². The molecule has 5 atom stereocenters. The van der Waals surface area contributed by atoms with Crippen molar-refractivity contribution in [3.8, 4) is 0 Å². The third-order valence-corrected chi connectivity index (χ3v) is 5.24. The predicted molar refractivity (Wildman–Crippen MR) is 87.8 cm³/mol. The van der Waals surface area contributed by atoms with E-state index < -0.39 is 29.9 Å². The molecule has 0 amide bonds. The average molecular weight is 341 g/mol. The molecule has 0 aliphatic carbocycles. The van der Waals surface area contributed by atoms with Gasteiger partial charge >= 0.3 is 0 Å². The molecular formula is C14H28O5S2. The maximum Gasteiger partial charge on any atom is 0.132 e. The molecule has 1 heterocycles. The summed E-state index contributed by atoms with van der Waals surface area (Å²) in [6.45, 7) is -0.368. The highest BCUT2D eigenvalue weighted by molar-refractivity contribution is 7.99. The van der Waals surface area contributed by atoms with Crippen LogP contribution in [0, 0.1) is 0 Å². The Morgan fingerprint density at radius 2 is 1.48 bits per heavy atom. The van der Waals surface area contributed by atoms with Crippen LogP contribution >= 0.6 is 24.4 Å². The van der Waals surface area contributed by atoms with E-state index in [-0.39, 0.29) is 6.61 Å². The molecule has 1 aliphatic heterocycles. The zero-order valence-electron chi connectivity index (χ0n) is 12.3. The lowest BCUT2D eigenvalue weighted by atomic mass is 10.0. The second-order valence-corrected chi connectivity index (χ2v) is 7.07. The van der Waals surface area contributed by atoms with Gasteiger partial charge in [0.2, 0.25) is 0 Å². The number of thioether (sulfide) groups is 1. The maximum atomic E-state index is 9.88. The minimum atomic E-state index is -1.27. The van der Waals surface area contributed by atoms with E-state index in [4.69, 9.17) is 9.84 Å². The van der Waals surface area contributed by atoms with Gasteiger partial charge in [-0.3, -0.25) is 0 Å². The SMILES string of the molecule is OC[C@H]1O[C@@H](SCCCCCCCCS)[C@H](O)[C@@H](O)[C@@H]1O. The van der Waals surface area contributed by atoms with E-state index >= 15 is 0 Å². The molecular weight excluding hydrogens is 312 g/mol. The molecule has 1 fully saturated rings. The number of hydrogen-bond acceptors (Lipinski definition) is 7. The Hall–Kier alpha value is 0.500. The fourth-order valence-corrected chi connectivity index (χ4v) is 3.73. The zero-order chi connectivity index (χ0) is 15.7. The summed E-state index contributed by atoms with van der Waals surface area (Å²) in [4.78, 5) is 0. The molecule has 7 heteroatoms. The highest BCUT2D eigenvalue weighted by atomic mass is 32.2. The van der Waals surface area contributed by atoms with Crippen molar-refractivity contribution in [2.24, 2.45) is 0 Å². The summed E-state index contributed by atoms with van der Waals surface area (Å²) in [5.41, 5.74) is -0.593. The number of unbranched alkanes of at least 4 members (excludes halogenated alkanes) is 5. The van der Waals surface area contributed by atoms with E-state index in [0.717, 1.165) is 24.3 Å². The number of hydrogen-bond donors (Lipinski definition) is 5. The fourth-order valence-electron chi connectivity index (χ4n) is 2.33. The van der Waals surface area contributed by atoms with E-state index in [9.17, 15) is 15.3 Å². The Bertz CT molecular complexity index is 268. The van der Waals surface area contributed by atoms with Crippen molar-refractivity contribution >= 4 is 24.4 Å². The van der Waals surface area contributed by atoms with E-state index in [1.165, 1.54) is 37.4 Å². The molecule has 1 aliphatic rings. The van der Waals surface area contributed by atoms with Crippen LogP contribution in [0.25, 0.3) is 0 Å². The molecule has 0 aromatic heterocycles. The summed E-state index contributed by atoms with van der Waals surface area (Å²) in [5.74, 6) is 1.78. The van der Waals surface area contributed by atoms with Gasteiger partial charge in [-0.1, -0.05) is 25.7 Å². The molecule has 0 unspecified atom stereocenters. The lowest BCUT2D eigenvalue weighted by Crippen LogP contribution is -2.57. The van der Waals surface area contributed by atoms with Crippen molar-refractivity contribution < 1.29 is 25.2 Å². The van der Waals surface area contributed by atoms with Gasteiger partial charge in [-0.25, -0.2) is 0 Å². The number of thiol groups is 1. The third kappa shape index (κ3) is 6.64. The van der Waals surface area contributed by atoms with Gasteiger partial charge < -0.3 is 25.2 Å². The van der Waals surface area contributed by atoms with Gasteiger partial charge in [-0.15, -0.1) is 11.8 Å². The second kappa shape index (κ2) is 11.1. The van der Waals surface area contributed by atoms with E-state index in [0.29, 0.717) is 0 Å². The fraction of sp³-hybridized carbons (Fsp3) is 1.00. The van der Waals surface area contributed by atoms with Crippen molar-refractivity contribution in [3.05, 3.63) is 0 Å². The first kappa shape index (κ1) is 19.5. The van der Waals surface area contributed by atoms with Crippen LogP contribution in [0.3, 0.4) is 0 Å². The van der Waals surface area contributed by atoms with Crippen molar-refractivity contribution in [3.63, 3.8) is 0 Å². The van der Waals surface area contributed by atoms with Crippen molar-refractivity contribution in [2.75, 3.05) is 18.1 Å². The van der Waals surface area contributed by atoms with Gasteiger partial charge in [0, 0.05) is 0 Å². The summed E-state index contributed by atoms with van der Waals surface area (Å²) in [7, 11) is 0. The molecule has 5 nitrogen and oxygen atoms in total. The van der Waals surface area contributed by atoms with Gasteiger partial charge in [0.1, 0.15) is 29.9 Å². The first-order valence-corrected chi connectivity index (χ1v) is 9.33. The predicted octanol–water partition coefficient (Wildman–Crippen LogP) is 0.790. The van der Waals surface area contributed by atoms with E-state index in [1.807, 2.05) is 0 Å². The van der Waals surface area contributed by atoms with Gasteiger partial charge in [-0.2, -0.15) is 12.6 Å². The van der Waals surface area contributed by atoms with Crippen LogP contribution in [0.1, 0.15) is 38.5 Å². The average Bonchev–Trinajstić information content (AvgIpc) is 2.49. The first-order valence-electron chi connectivity index (χ1n) is 7.64. The quantitative estimate of drug-likeness (QED) is 0.298. The van der Waals surface area contributed by atoms with E-state index in [1.54, 1.807) is 0 Å². The van der Waals surface area contributed by atoms with Crippen molar-refractivity contribution in [2.45, 2.75) is 68.4 Å². The molecule has 0 aromatic carbocycles. The highest BCUT2D eigenvalue weighted by Gasteiger charge is 2.43. The lowest BCUT2D eigenvalue weighted by Gasteiger charge is -2.39. The Kier molecular flexibility index (Phi) is 10.3. The van der Waals surface area contributed by atoms with Gasteiger partial charge in [-0.05, 0) is 24.3 Å². The van der Waals surface area contributed by atoms with Gasteiger partial charge in [0.15, 0.2) is 0 Å². The third-order valence-electron chi connectivity index (χ3n) is 3.68. The summed E-state index contributed by atoms with van der Waals surface area (Å²) in [6, 6.07) is 0. The molecule has 1 rings (SSSR count). The van der Waals surface area contributed by atoms with Crippen LogP contribution in [0.5, 0.6) is 0 Å². The van der Waals surface area contributed by atoms with Crippen LogP contribution in [0.2, 0.25) is 0 Å². The zero-order valence-corrected chi connectivity index (χ0v) is 14.0. The van der Waals surface area contributed by atoms with Crippen LogP contribution < -0.4 is 0 Å². The summed E-state index contributed by atoms with van der Waals surface area (Å²) in [5, 5.41) is 38.3. The number of rotatable bonds is 10. The monoisotopic (exact) mass is 340 g/mol. The van der Waals surface area contributed by atoms with Gasteiger partial charge in [0.25, 0.3) is 0 Å². The van der Waals surface area contributed by atoms with Crippen LogP contribution in [-0.2, 0) is 4.74 Å². The Morgan fingerprint density at radius 3 is 2.10 bits per heavy atom. The lowest BCUT2D eigenvalue weighted by molar-refractivity contribution is -0.205. The smallest absolute Gasteiger partial charge is 0.132 e. The van der Waals surface area contributed by atoms with E-state index in [2.05, 4.69) is 12.6 Å². The first-order chi connectivity index (χ1) is 10.1. The van der Waals surface area contributed by atoms with Gasteiger partial charge in [0.05, 0.1) is 6.61 Å². The molecule has 0 aromatic rings. The topological polar surface area (TPSA) is 90.2 Å². The molecule has 0 bridgehead atoms. The summed E-state index contributed by atoms with van der Waals surface area (Å²) in [6.07, 6.45) is 2.52. The summed E-state index contributed by atoms with van der Waals surface area (Å²) < 4.78 is 5.43. The Balaban J connectivity index is 2.16. The number of ether oxygens (including phenoxy) is 1. The molecule has 0 radical (unpaired) electrons. The molecule has 1 saturated heterocycles. The largest absolute Gasteiger partial charge is 0.394 e. The Labute approximate surface area is 136 Å². The molecule has 21 heavy (non-hydrogen) atoms. The molecule has 0 spiro atoms. The minimum absolute atomic E-state index is 0.368. The van der Waals surface area contributed by atoms with Crippen molar-refractivity contribution in [1.82, 2.24) is 0 Å². The standard InChI is InChI=1S/C14H28O5S2/c15-9-10-11(16)12(17)13(18)14(19-10)21-8-6-4-2-1-3-5-7-20/h10-18,20H,1-9H2/t10-,11-,12+,13-,14+/m1/s1. The number of aliphatic hydroxyl groups excluding tert-OH is 4.